The minimum atomic E-state index is -0.493. The van der Waals surface area contributed by atoms with Gasteiger partial charge in [-0.1, -0.05) is 11.6 Å². The topological polar surface area (TPSA) is 72.7 Å². The number of halogens is 1. The van der Waals surface area contributed by atoms with Crippen molar-refractivity contribution in [2.24, 2.45) is 0 Å². The van der Waals surface area contributed by atoms with Gasteiger partial charge >= 0.3 is 5.97 Å². The summed E-state index contributed by atoms with van der Waals surface area (Å²) < 4.78 is 4.67. The number of non-ortho nitro benzene ring substituents is 1. The van der Waals surface area contributed by atoms with Crippen LogP contribution in [0.3, 0.4) is 0 Å². The standard InChI is InChI=1S/C11H11ClN2O4/c1-18-11(15)9-4-5-13(9)10-6-7(14(16)17)2-3-8(10)12/h2-3,6,9H,4-5H2,1H3. The van der Waals surface area contributed by atoms with Gasteiger partial charge < -0.3 is 9.64 Å². The Morgan fingerprint density at radius 2 is 2.33 bits per heavy atom. The van der Waals surface area contributed by atoms with Gasteiger partial charge in [0.05, 0.1) is 22.7 Å². The lowest BCUT2D eigenvalue weighted by molar-refractivity contribution is -0.384. The SMILES string of the molecule is COC(=O)C1CCN1c1cc([N+](=O)[O-])ccc1Cl. The third kappa shape index (κ3) is 2.11. The maximum atomic E-state index is 11.5. The number of hydrogen-bond acceptors (Lipinski definition) is 5. The number of ether oxygens (including phenoxy) is 1. The van der Waals surface area contributed by atoms with E-state index in [2.05, 4.69) is 4.74 Å². The molecule has 0 radical (unpaired) electrons. The van der Waals surface area contributed by atoms with Crippen LogP contribution >= 0.6 is 11.6 Å². The van der Waals surface area contributed by atoms with E-state index in [0.29, 0.717) is 23.7 Å². The van der Waals surface area contributed by atoms with Crippen LogP contribution in [-0.2, 0) is 9.53 Å². The molecule has 0 N–H and O–H groups in total. The van der Waals surface area contributed by atoms with Gasteiger partial charge in [0.15, 0.2) is 0 Å². The minimum absolute atomic E-state index is 0.0510. The smallest absolute Gasteiger partial charge is 0.328 e. The number of methoxy groups -OCH3 is 1. The Hall–Kier alpha value is -1.82. The summed E-state index contributed by atoms with van der Waals surface area (Å²) in [5.41, 5.74) is 0.442. The van der Waals surface area contributed by atoms with Gasteiger partial charge in [-0.3, -0.25) is 10.1 Å². The summed E-state index contributed by atoms with van der Waals surface area (Å²) >= 11 is 6.01. The van der Waals surface area contributed by atoms with Crippen LogP contribution in [0.5, 0.6) is 0 Å². The summed E-state index contributed by atoms with van der Waals surface area (Å²) in [6.07, 6.45) is 0.658. The number of nitrogens with zero attached hydrogens (tertiary/aromatic N) is 2. The Labute approximate surface area is 108 Å². The summed E-state index contributed by atoms with van der Waals surface area (Å²) in [6.45, 7) is 0.626. The Morgan fingerprint density at radius 1 is 1.61 bits per heavy atom. The first-order valence-electron chi connectivity index (χ1n) is 5.33. The van der Waals surface area contributed by atoms with Crippen molar-refractivity contribution in [3.8, 4) is 0 Å². The van der Waals surface area contributed by atoms with E-state index >= 15 is 0 Å². The lowest BCUT2D eigenvalue weighted by Crippen LogP contribution is -2.53. The largest absolute Gasteiger partial charge is 0.467 e. The normalized spacial score (nSPS) is 18.1. The number of nitro benzene ring substituents is 1. The number of carbonyl (C=O) groups excluding carboxylic acids is 1. The van der Waals surface area contributed by atoms with E-state index in [1.807, 2.05) is 0 Å². The van der Waals surface area contributed by atoms with Crippen LogP contribution in [0.4, 0.5) is 11.4 Å². The zero-order valence-corrected chi connectivity index (χ0v) is 10.4. The fourth-order valence-corrected chi connectivity index (χ4v) is 2.12. The molecule has 1 aliphatic heterocycles. The van der Waals surface area contributed by atoms with Crippen molar-refractivity contribution in [3.63, 3.8) is 0 Å². The molecule has 96 valence electrons. The molecule has 0 aromatic heterocycles. The van der Waals surface area contributed by atoms with Crippen LogP contribution < -0.4 is 4.90 Å². The molecule has 1 fully saturated rings. The van der Waals surface area contributed by atoms with Crippen molar-refractivity contribution in [3.05, 3.63) is 33.3 Å². The highest BCUT2D eigenvalue weighted by molar-refractivity contribution is 6.33. The first kappa shape index (κ1) is 12.6. The Morgan fingerprint density at radius 3 is 2.83 bits per heavy atom. The van der Waals surface area contributed by atoms with Gasteiger partial charge in [0, 0.05) is 18.7 Å². The fraction of sp³-hybridized carbons (Fsp3) is 0.364. The molecule has 7 heteroatoms. The second kappa shape index (κ2) is 4.81. The van der Waals surface area contributed by atoms with E-state index in [-0.39, 0.29) is 11.7 Å². The van der Waals surface area contributed by atoms with E-state index in [0.717, 1.165) is 0 Å². The molecule has 0 amide bonds. The zero-order valence-electron chi connectivity index (χ0n) is 9.63. The van der Waals surface area contributed by atoms with Crippen LogP contribution in [-0.4, -0.2) is 30.6 Å². The van der Waals surface area contributed by atoms with E-state index < -0.39 is 11.0 Å². The first-order chi connectivity index (χ1) is 8.54. The van der Waals surface area contributed by atoms with Crippen molar-refractivity contribution in [2.75, 3.05) is 18.6 Å². The molecular formula is C11H11ClN2O4. The molecule has 0 saturated carbocycles. The quantitative estimate of drug-likeness (QED) is 0.477. The van der Waals surface area contributed by atoms with Gasteiger partial charge in [0.1, 0.15) is 6.04 Å². The molecule has 1 unspecified atom stereocenters. The molecular weight excluding hydrogens is 260 g/mol. The molecule has 1 heterocycles. The molecule has 18 heavy (non-hydrogen) atoms. The lowest BCUT2D eigenvalue weighted by Gasteiger charge is -2.40. The van der Waals surface area contributed by atoms with E-state index in [4.69, 9.17) is 11.6 Å². The minimum Gasteiger partial charge on any atom is -0.467 e. The number of carbonyl (C=O) groups is 1. The van der Waals surface area contributed by atoms with Crippen molar-refractivity contribution >= 4 is 28.9 Å². The zero-order chi connectivity index (χ0) is 13.3. The van der Waals surface area contributed by atoms with Crippen molar-refractivity contribution in [1.82, 2.24) is 0 Å². The van der Waals surface area contributed by atoms with Gasteiger partial charge in [0.2, 0.25) is 0 Å². The monoisotopic (exact) mass is 270 g/mol. The molecule has 1 aromatic carbocycles. The molecule has 1 aromatic rings. The average molecular weight is 271 g/mol. The molecule has 1 aliphatic rings. The van der Waals surface area contributed by atoms with Crippen LogP contribution in [0.2, 0.25) is 5.02 Å². The van der Waals surface area contributed by atoms with Gasteiger partial charge in [-0.2, -0.15) is 0 Å². The maximum Gasteiger partial charge on any atom is 0.328 e. The maximum absolute atomic E-state index is 11.5. The highest BCUT2D eigenvalue weighted by Gasteiger charge is 2.36. The number of benzene rings is 1. The molecule has 1 saturated heterocycles. The Balaban J connectivity index is 2.30. The number of esters is 1. The summed E-state index contributed by atoms with van der Waals surface area (Å²) in [6, 6.07) is 3.76. The summed E-state index contributed by atoms with van der Waals surface area (Å²) in [7, 11) is 1.31. The molecule has 6 nitrogen and oxygen atoms in total. The molecule has 0 spiro atoms. The van der Waals surface area contributed by atoms with Gasteiger partial charge in [-0.05, 0) is 12.5 Å². The molecule has 0 bridgehead atoms. The van der Waals surface area contributed by atoms with E-state index in [9.17, 15) is 14.9 Å². The van der Waals surface area contributed by atoms with Crippen LogP contribution in [0.1, 0.15) is 6.42 Å². The fourth-order valence-electron chi connectivity index (χ4n) is 1.89. The summed E-state index contributed by atoms with van der Waals surface area (Å²) in [5.74, 6) is -0.358. The third-order valence-electron chi connectivity index (χ3n) is 2.94. The molecule has 1 atom stereocenters. The third-order valence-corrected chi connectivity index (χ3v) is 3.26. The van der Waals surface area contributed by atoms with Crippen LogP contribution in [0.15, 0.2) is 18.2 Å². The van der Waals surface area contributed by atoms with Crippen molar-refractivity contribution in [1.29, 1.82) is 0 Å². The summed E-state index contributed by atoms with van der Waals surface area (Å²) in [5, 5.41) is 11.1. The number of nitro groups is 1. The molecule has 0 aliphatic carbocycles. The summed E-state index contributed by atoms with van der Waals surface area (Å²) in [4.78, 5) is 23.4. The number of anilines is 1. The van der Waals surface area contributed by atoms with E-state index in [1.165, 1.54) is 25.3 Å². The number of hydrogen-bond donors (Lipinski definition) is 0. The van der Waals surface area contributed by atoms with Gasteiger partial charge in [0.25, 0.3) is 5.69 Å². The second-order valence-electron chi connectivity index (χ2n) is 3.91. The highest BCUT2D eigenvalue weighted by atomic mass is 35.5. The van der Waals surface area contributed by atoms with Crippen LogP contribution in [0.25, 0.3) is 0 Å². The predicted molar refractivity (Wildman–Crippen MR) is 65.9 cm³/mol. The highest BCUT2D eigenvalue weighted by Crippen LogP contribution is 2.35. The number of rotatable bonds is 3. The molecule has 2 rings (SSSR count). The van der Waals surface area contributed by atoms with Gasteiger partial charge in [-0.15, -0.1) is 0 Å². The second-order valence-corrected chi connectivity index (χ2v) is 4.32. The van der Waals surface area contributed by atoms with Gasteiger partial charge in [-0.25, -0.2) is 4.79 Å². The van der Waals surface area contributed by atoms with Crippen LogP contribution in [0, 0.1) is 10.1 Å². The average Bonchev–Trinajstić information content (AvgIpc) is 2.30. The Bertz CT molecular complexity index is 506. The Kier molecular flexibility index (Phi) is 3.38. The van der Waals surface area contributed by atoms with E-state index in [1.54, 1.807) is 4.90 Å². The first-order valence-corrected chi connectivity index (χ1v) is 5.71. The lowest BCUT2D eigenvalue weighted by atomic mass is 10.0. The predicted octanol–water partition coefficient (Wildman–Crippen LogP) is 2.00. The van der Waals surface area contributed by atoms with Crippen molar-refractivity contribution < 1.29 is 14.5 Å². The van der Waals surface area contributed by atoms with Crippen molar-refractivity contribution in [2.45, 2.75) is 12.5 Å².